The van der Waals surface area contributed by atoms with Gasteiger partial charge in [-0.1, -0.05) is 0 Å². The van der Waals surface area contributed by atoms with Gasteiger partial charge in [0.2, 0.25) is 0 Å². The average molecular weight is 356 g/mol. The molecule has 6 nitrogen and oxygen atoms in total. The van der Waals surface area contributed by atoms with Crippen molar-refractivity contribution in [2.45, 2.75) is 26.4 Å². The molecule has 2 aromatic heterocycles. The summed E-state index contributed by atoms with van der Waals surface area (Å²) in [7, 11) is 5.62. The van der Waals surface area contributed by atoms with Crippen LogP contribution in [0.25, 0.3) is 0 Å². The Bertz CT molecular complexity index is 619. The first-order chi connectivity index (χ1) is 10.0. The molecule has 2 heterocycles. The monoisotopic (exact) mass is 355 g/mol. The lowest BCUT2D eigenvalue weighted by Gasteiger charge is -2.19. The lowest BCUT2D eigenvalue weighted by molar-refractivity contribution is 0.182. The Hall–Kier alpha value is -1.18. The molecule has 0 saturated carbocycles. The summed E-state index contributed by atoms with van der Waals surface area (Å²) < 4.78 is 10.0. The van der Waals surface area contributed by atoms with Crippen molar-refractivity contribution in [1.82, 2.24) is 24.9 Å². The maximum atomic E-state index is 5.17. The van der Waals surface area contributed by atoms with Gasteiger partial charge in [-0.15, -0.1) is 0 Å². The number of nitrogens with one attached hydrogen (secondary N) is 1. The van der Waals surface area contributed by atoms with E-state index in [9.17, 15) is 0 Å². The zero-order chi connectivity index (χ0) is 15.6. The van der Waals surface area contributed by atoms with Crippen LogP contribution in [0.5, 0.6) is 0 Å². The van der Waals surface area contributed by atoms with E-state index in [1.807, 2.05) is 36.6 Å². The van der Waals surface area contributed by atoms with Crippen LogP contribution in [-0.4, -0.2) is 40.3 Å². The molecule has 1 unspecified atom stereocenters. The number of halogens is 1. The zero-order valence-electron chi connectivity index (χ0n) is 13.1. The first-order valence-electron chi connectivity index (χ1n) is 6.88. The van der Waals surface area contributed by atoms with Gasteiger partial charge in [0.1, 0.15) is 0 Å². The Morgan fingerprint density at radius 2 is 2.14 bits per heavy atom. The number of methoxy groups -OCH3 is 1. The van der Waals surface area contributed by atoms with Crippen LogP contribution < -0.4 is 5.32 Å². The molecule has 0 aliphatic rings. The van der Waals surface area contributed by atoms with E-state index < -0.39 is 0 Å². The number of nitrogens with zero attached hydrogens (tertiary/aromatic N) is 4. The third kappa shape index (κ3) is 3.04. The summed E-state index contributed by atoms with van der Waals surface area (Å²) in [5.41, 5.74) is 4.47. The molecule has 0 fully saturated rings. The fourth-order valence-corrected chi connectivity index (χ4v) is 3.17. The number of aryl methyl sites for hydroxylation is 2. The third-order valence-corrected chi connectivity index (χ3v) is 4.37. The smallest absolute Gasteiger partial charge is 0.0793 e. The van der Waals surface area contributed by atoms with Crippen LogP contribution in [0.2, 0.25) is 0 Å². The molecule has 7 heteroatoms. The summed E-state index contributed by atoms with van der Waals surface area (Å²) in [6.45, 7) is 5.47. The van der Waals surface area contributed by atoms with E-state index in [4.69, 9.17) is 4.74 Å². The summed E-state index contributed by atoms with van der Waals surface area (Å²) in [6, 6.07) is 0.0347. The second-order valence-corrected chi connectivity index (χ2v) is 5.88. The fourth-order valence-electron chi connectivity index (χ4n) is 2.64. The Balaban J connectivity index is 2.49. The Morgan fingerprint density at radius 1 is 1.43 bits per heavy atom. The molecular weight excluding hydrogens is 334 g/mol. The van der Waals surface area contributed by atoms with E-state index in [2.05, 4.69) is 38.4 Å². The van der Waals surface area contributed by atoms with Gasteiger partial charge in [-0.3, -0.25) is 9.36 Å². The molecule has 0 saturated heterocycles. The summed E-state index contributed by atoms with van der Waals surface area (Å²) in [4.78, 5) is 0. The van der Waals surface area contributed by atoms with E-state index >= 15 is 0 Å². The van der Waals surface area contributed by atoms with Gasteiger partial charge in [0.15, 0.2) is 0 Å². The normalized spacial score (nSPS) is 12.9. The number of ether oxygens (including phenoxy) is 1. The first kappa shape index (κ1) is 16.2. The van der Waals surface area contributed by atoms with Gasteiger partial charge in [-0.2, -0.15) is 10.2 Å². The number of hydrogen-bond donors (Lipinski definition) is 1. The highest BCUT2D eigenvalue weighted by Crippen LogP contribution is 2.31. The molecule has 0 bridgehead atoms. The summed E-state index contributed by atoms with van der Waals surface area (Å²) in [5.74, 6) is 0. The van der Waals surface area contributed by atoms with E-state index in [1.54, 1.807) is 7.11 Å². The summed E-state index contributed by atoms with van der Waals surface area (Å²) >= 11 is 3.61. The van der Waals surface area contributed by atoms with Crippen molar-refractivity contribution in [3.63, 3.8) is 0 Å². The van der Waals surface area contributed by atoms with Crippen molar-refractivity contribution < 1.29 is 4.74 Å². The van der Waals surface area contributed by atoms with Crippen molar-refractivity contribution in [3.8, 4) is 0 Å². The standard InChI is InChI=1S/C14H22BrN5O/c1-9-12(10(2)19(4)18-9)13(16-3)14-11(15)8-17-20(14)6-7-21-5/h8,13,16H,6-7H2,1-5H3. The van der Waals surface area contributed by atoms with Gasteiger partial charge in [0.25, 0.3) is 0 Å². The highest BCUT2D eigenvalue weighted by Gasteiger charge is 2.25. The highest BCUT2D eigenvalue weighted by molar-refractivity contribution is 9.10. The second kappa shape index (κ2) is 6.72. The van der Waals surface area contributed by atoms with Gasteiger partial charge in [0, 0.05) is 25.4 Å². The molecule has 1 N–H and O–H groups in total. The topological polar surface area (TPSA) is 56.9 Å². The van der Waals surface area contributed by atoms with E-state index in [0.717, 1.165) is 21.6 Å². The molecule has 0 radical (unpaired) electrons. The minimum absolute atomic E-state index is 0.0347. The second-order valence-electron chi connectivity index (χ2n) is 5.02. The molecule has 0 amide bonds. The Labute approximate surface area is 133 Å². The molecule has 21 heavy (non-hydrogen) atoms. The van der Waals surface area contributed by atoms with Crippen molar-refractivity contribution in [3.05, 3.63) is 33.3 Å². The molecule has 116 valence electrons. The predicted octanol–water partition coefficient (Wildman–Crippen LogP) is 1.95. The van der Waals surface area contributed by atoms with Crippen LogP contribution >= 0.6 is 15.9 Å². The van der Waals surface area contributed by atoms with Crippen LogP contribution in [0.4, 0.5) is 0 Å². The van der Waals surface area contributed by atoms with Crippen molar-refractivity contribution in [2.24, 2.45) is 7.05 Å². The molecule has 0 spiro atoms. The third-order valence-electron chi connectivity index (χ3n) is 3.76. The zero-order valence-corrected chi connectivity index (χ0v) is 14.7. The Kier molecular flexibility index (Phi) is 5.18. The number of aromatic nitrogens is 4. The molecule has 2 rings (SSSR count). The Morgan fingerprint density at radius 3 is 2.67 bits per heavy atom. The van der Waals surface area contributed by atoms with Crippen LogP contribution in [-0.2, 0) is 18.3 Å². The maximum absolute atomic E-state index is 5.17. The highest BCUT2D eigenvalue weighted by atomic mass is 79.9. The SMILES string of the molecule is CNC(c1c(C)nn(C)c1C)c1c(Br)cnn1CCOC. The van der Waals surface area contributed by atoms with Crippen LogP contribution in [0.15, 0.2) is 10.7 Å². The lowest BCUT2D eigenvalue weighted by atomic mass is 10.0. The van der Waals surface area contributed by atoms with E-state index in [0.29, 0.717) is 13.2 Å². The fraction of sp³-hybridized carbons (Fsp3) is 0.571. The summed E-state index contributed by atoms with van der Waals surface area (Å²) in [5, 5.41) is 12.3. The molecule has 2 aromatic rings. The molecular formula is C14H22BrN5O. The lowest BCUT2D eigenvalue weighted by Crippen LogP contribution is -2.24. The number of rotatable bonds is 6. The average Bonchev–Trinajstić information content (AvgIpc) is 2.93. The van der Waals surface area contributed by atoms with Gasteiger partial charge >= 0.3 is 0 Å². The number of hydrogen-bond acceptors (Lipinski definition) is 4. The molecule has 0 aliphatic carbocycles. The van der Waals surface area contributed by atoms with Crippen LogP contribution in [0, 0.1) is 13.8 Å². The van der Waals surface area contributed by atoms with Gasteiger partial charge in [0.05, 0.1) is 41.3 Å². The molecule has 0 aliphatic heterocycles. The predicted molar refractivity (Wildman–Crippen MR) is 85.4 cm³/mol. The van der Waals surface area contributed by atoms with Crippen LogP contribution in [0.1, 0.15) is 28.7 Å². The minimum Gasteiger partial charge on any atom is -0.383 e. The van der Waals surface area contributed by atoms with E-state index in [1.165, 1.54) is 5.56 Å². The molecule has 1 atom stereocenters. The largest absolute Gasteiger partial charge is 0.383 e. The van der Waals surface area contributed by atoms with E-state index in [-0.39, 0.29) is 6.04 Å². The van der Waals surface area contributed by atoms with Crippen molar-refractivity contribution in [2.75, 3.05) is 20.8 Å². The van der Waals surface area contributed by atoms with Gasteiger partial charge in [-0.25, -0.2) is 0 Å². The van der Waals surface area contributed by atoms with Crippen LogP contribution in [0.3, 0.4) is 0 Å². The van der Waals surface area contributed by atoms with Gasteiger partial charge in [-0.05, 0) is 36.8 Å². The summed E-state index contributed by atoms with van der Waals surface area (Å²) in [6.07, 6.45) is 1.83. The van der Waals surface area contributed by atoms with Crippen molar-refractivity contribution in [1.29, 1.82) is 0 Å². The van der Waals surface area contributed by atoms with Gasteiger partial charge < -0.3 is 10.1 Å². The minimum atomic E-state index is 0.0347. The maximum Gasteiger partial charge on any atom is 0.0793 e. The van der Waals surface area contributed by atoms with Crippen molar-refractivity contribution >= 4 is 15.9 Å². The molecule has 0 aromatic carbocycles. The first-order valence-corrected chi connectivity index (χ1v) is 7.68. The quantitative estimate of drug-likeness (QED) is 0.860.